The molecule has 0 atom stereocenters. The van der Waals surface area contributed by atoms with Crippen LogP contribution in [0.4, 0.5) is 0 Å². The third-order valence-corrected chi connectivity index (χ3v) is 1.68. The maximum Gasteiger partial charge on any atom is 0.414 e. The van der Waals surface area contributed by atoms with Crippen molar-refractivity contribution in [3.05, 3.63) is 0 Å². The van der Waals surface area contributed by atoms with Gasteiger partial charge in [0.2, 0.25) is 5.91 Å². The monoisotopic (exact) mass is 233 g/mol. The number of β-lactam (4-membered cyclic amide) rings is 1. The molecular formula is C8H11NO7. The van der Waals surface area contributed by atoms with Crippen LogP contribution in [0.3, 0.4) is 0 Å². The number of amides is 1. The smallest absolute Gasteiger partial charge is 0.414 e. The lowest BCUT2D eigenvalue weighted by atomic mass is 10.2. The largest absolute Gasteiger partial charge is 0.473 e. The van der Waals surface area contributed by atoms with Gasteiger partial charge in [0.05, 0.1) is 7.11 Å². The van der Waals surface area contributed by atoms with E-state index in [1.807, 2.05) is 0 Å². The van der Waals surface area contributed by atoms with Crippen LogP contribution in [-0.2, 0) is 23.9 Å². The molecule has 8 nitrogen and oxygen atoms in total. The minimum atomic E-state index is -1.82. The first kappa shape index (κ1) is 13.9. The summed E-state index contributed by atoms with van der Waals surface area (Å²) in [6, 6.07) is 0. The van der Waals surface area contributed by atoms with E-state index in [9.17, 15) is 9.59 Å². The van der Waals surface area contributed by atoms with Crippen molar-refractivity contribution in [3.63, 3.8) is 0 Å². The predicted octanol–water partition coefficient (Wildman–Crippen LogP) is -1.45. The highest BCUT2D eigenvalue weighted by molar-refractivity contribution is 6.27. The fraction of sp³-hybridized carbons (Fsp3) is 0.500. The standard InChI is InChI=1S/C6H9NO3.C2H2O4/c1-10-6(9)4-7-3-2-5(7)8;3-1(4)2(5)6/h2-4H2,1H3;(H,3,4)(H,5,6). The average molecular weight is 233 g/mol. The highest BCUT2D eigenvalue weighted by Crippen LogP contribution is 2.06. The summed E-state index contributed by atoms with van der Waals surface area (Å²) >= 11 is 0. The van der Waals surface area contributed by atoms with Gasteiger partial charge >= 0.3 is 17.9 Å². The van der Waals surface area contributed by atoms with Crippen LogP contribution in [-0.4, -0.2) is 59.1 Å². The zero-order chi connectivity index (χ0) is 12.7. The number of carbonyl (C=O) groups is 4. The van der Waals surface area contributed by atoms with Gasteiger partial charge in [0.15, 0.2) is 0 Å². The fourth-order valence-corrected chi connectivity index (χ4v) is 0.749. The van der Waals surface area contributed by atoms with Crippen molar-refractivity contribution in [2.24, 2.45) is 0 Å². The molecule has 1 aliphatic heterocycles. The molecule has 90 valence electrons. The van der Waals surface area contributed by atoms with E-state index in [0.29, 0.717) is 13.0 Å². The van der Waals surface area contributed by atoms with Gasteiger partial charge in [-0.15, -0.1) is 0 Å². The van der Waals surface area contributed by atoms with Crippen molar-refractivity contribution in [1.29, 1.82) is 0 Å². The predicted molar refractivity (Wildman–Crippen MR) is 48.5 cm³/mol. The Morgan fingerprint density at radius 1 is 1.31 bits per heavy atom. The second-order valence-corrected chi connectivity index (χ2v) is 2.75. The molecule has 1 fully saturated rings. The zero-order valence-electron chi connectivity index (χ0n) is 8.50. The summed E-state index contributed by atoms with van der Waals surface area (Å²) < 4.78 is 4.37. The van der Waals surface area contributed by atoms with Crippen molar-refractivity contribution >= 4 is 23.8 Å². The Hall–Kier alpha value is -2.12. The number of hydrogen-bond acceptors (Lipinski definition) is 5. The van der Waals surface area contributed by atoms with E-state index >= 15 is 0 Å². The molecule has 0 spiro atoms. The number of hydrogen-bond donors (Lipinski definition) is 2. The minimum Gasteiger partial charge on any atom is -0.473 e. The lowest BCUT2D eigenvalue weighted by Gasteiger charge is -2.28. The average Bonchev–Trinajstić information content (AvgIpc) is 2.24. The lowest BCUT2D eigenvalue weighted by Crippen LogP contribution is -2.46. The Labute approximate surface area is 90.4 Å². The number of likely N-dealkylation sites (tertiary alicyclic amines) is 1. The number of ether oxygens (including phenoxy) is 1. The molecule has 0 aliphatic carbocycles. The van der Waals surface area contributed by atoms with E-state index in [-0.39, 0.29) is 18.4 Å². The third-order valence-electron chi connectivity index (χ3n) is 1.68. The molecule has 0 aromatic carbocycles. The molecule has 2 N–H and O–H groups in total. The maximum atomic E-state index is 10.6. The Kier molecular flexibility index (Phi) is 5.53. The zero-order valence-corrected chi connectivity index (χ0v) is 8.50. The van der Waals surface area contributed by atoms with Crippen LogP contribution in [0.25, 0.3) is 0 Å². The van der Waals surface area contributed by atoms with Crippen LogP contribution in [0.5, 0.6) is 0 Å². The molecule has 1 heterocycles. The maximum absolute atomic E-state index is 10.6. The number of nitrogens with zero attached hydrogens (tertiary/aromatic N) is 1. The normalized spacial score (nSPS) is 13.1. The van der Waals surface area contributed by atoms with E-state index in [4.69, 9.17) is 19.8 Å². The number of aliphatic carboxylic acids is 2. The fourth-order valence-electron chi connectivity index (χ4n) is 0.749. The summed E-state index contributed by atoms with van der Waals surface area (Å²) in [5, 5.41) is 14.8. The molecule has 16 heavy (non-hydrogen) atoms. The molecule has 0 aromatic rings. The molecular weight excluding hydrogens is 222 g/mol. The highest BCUT2D eigenvalue weighted by atomic mass is 16.5. The first-order chi connectivity index (χ1) is 7.38. The van der Waals surface area contributed by atoms with Gasteiger partial charge in [-0.25, -0.2) is 9.59 Å². The molecule has 1 saturated heterocycles. The van der Waals surface area contributed by atoms with Crippen molar-refractivity contribution in [3.8, 4) is 0 Å². The van der Waals surface area contributed by atoms with Gasteiger partial charge in [0.1, 0.15) is 6.54 Å². The van der Waals surface area contributed by atoms with E-state index < -0.39 is 11.9 Å². The van der Waals surface area contributed by atoms with Crippen LogP contribution in [0.15, 0.2) is 0 Å². The van der Waals surface area contributed by atoms with Gasteiger partial charge in [-0.2, -0.15) is 0 Å². The van der Waals surface area contributed by atoms with Crippen LogP contribution >= 0.6 is 0 Å². The summed E-state index contributed by atoms with van der Waals surface area (Å²) in [7, 11) is 1.31. The van der Waals surface area contributed by atoms with Crippen molar-refractivity contribution in [2.45, 2.75) is 6.42 Å². The highest BCUT2D eigenvalue weighted by Gasteiger charge is 2.25. The molecule has 0 saturated carbocycles. The first-order valence-electron chi connectivity index (χ1n) is 4.19. The number of rotatable bonds is 2. The number of carboxylic acid groups (broad SMARTS) is 2. The third kappa shape index (κ3) is 4.94. The summed E-state index contributed by atoms with van der Waals surface area (Å²) in [5.41, 5.74) is 0. The van der Waals surface area contributed by atoms with Gasteiger partial charge in [-0.05, 0) is 0 Å². The number of carboxylic acids is 2. The van der Waals surface area contributed by atoms with Crippen LogP contribution in [0.1, 0.15) is 6.42 Å². The van der Waals surface area contributed by atoms with E-state index in [1.165, 1.54) is 12.0 Å². The quantitative estimate of drug-likeness (QED) is 0.340. The van der Waals surface area contributed by atoms with E-state index in [2.05, 4.69) is 4.74 Å². The second-order valence-electron chi connectivity index (χ2n) is 2.75. The number of methoxy groups -OCH3 is 1. The van der Waals surface area contributed by atoms with Crippen LogP contribution < -0.4 is 0 Å². The molecule has 8 heteroatoms. The van der Waals surface area contributed by atoms with Gasteiger partial charge in [-0.1, -0.05) is 0 Å². The molecule has 1 amide bonds. The van der Waals surface area contributed by atoms with Crippen molar-refractivity contribution in [2.75, 3.05) is 20.2 Å². The molecule has 0 aromatic heterocycles. The molecule has 0 radical (unpaired) electrons. The van der Waals surface area contributed by atoms with Gasteiger partial charge in [0, 0.05) is 13.0 Å². The number of carbonyl (C=O) groups excluding carboxylic acids is 2. The Balaban J connectivity index is 0.000000325. The van der Waals surface area contributed by atoms with Crippen molar-refractivity contribution in [1.82, 2.24) is 4.90 Å². The van der Waals surface area contributed by atoms with E-state index in [1.54, 1.807) is 0 Å². The van der Waals surface area contributed by atoms with Crippen LogP contribution in [0, 0.1) is 0 Å². The molecule has 0 unspecified atom stereocenters. The Morgan fingerprint density at radius 3 is 2.00 bits per heavy atom. The second kappa shape index (κ2) is 6.38. The van der Waals surface area contributed by atoms with Gasteiger partial charge < -0.3 is 19.8 Å². The topological polar surface area (TPSA) is 121 Å². The summed E-state index contributed by atoms with van der Waals surface area (Å²) in [6.45, 7) is 0.795. The van der Waals surface area contributed by atoms with Crippen molar-refractivity contribution < 1.29 is 34.1 Å². The summed E-state index contributed by atoms with van der Waals surface area (Å²) in [5.74, 6) is -3.97. The van der Waals surface area contributed by atoms with Gasteiger partial charge in [-0.3, -0.25) is 9.59 Å². The van der Waals surface area contributed by atoms with Gasteiger partial charge in [0.25, 0.3) is 0 Å². The minimum absolute atomic E-state index is 0.0328. The number of esters is 1. The summed E-state index contributed by atoms with van der Waals surface area (Å²) in [6.07, 6.45) is 0.566. The first-order valence-corrected chi connectivity index (χ1v) is 4.19. The Bertz CT molecular complexity index is 300. The van der Waals surface area contributed by atoms with E-state index in [0.717, 1.165) is 0 Å². The lowest BCUT2D eigenvalue weighted by molar-refractivity contribution is -0.159. The molecule has 1 rings (SSSR count). The SMILES string of the molecule is COC(=O)CN1CCC1=O.O=C(O)C(=O)O. The summed E-state index contributed by atoms with van der Waals surface area (Å²) in [4.78, 5) is 40.8. The Morgan fingerprint density at radius 2 is 1.81 bits per heavy atom. The van der Waals surface area contributed by atoms with Crippen LogP contribution in [0.2, 0.25) is 0 Å². The molecule has 0 bridgehead atoms. The molecule has 1 aliphatic rings.